The zero-order valence-electron chi connectivity index (χ0n) is 18.5. The number of methoxy groups -OCH3 is 3. The third kappa shape index (κ3) is 3.48. The number of aromatic nitrogens is 2. The van der Waals surface area contributed by atoms with Crippen LogP contribution in [0.1, 0.15) is 5.89 Å². The van der Waals surface area contributed by atoms with Crippen LogP contribution in [0, 0.1) is 6.92 Å². The Kier molecular flexibility index (Phi) is 5.22. The maximum atomic E-state index is 12.6. The van der Waals surface area contributed by atoms with Crippen molar-refractivity contribution in [2.75, 3.05) is 21.3 Å². The minimum Gasteiger partial charge on any atom is -0.493 e. The Labute approximate surface area is 193 Å². The summed E-state index contributed by atoms with van der Waals surface area (Å²) in [4.78, 5) is 22.7. The Balaban J connectivity index is 1.92. The second kappa shape index (κ2) is 8.22. The molecule has 0 amide bonds. The molecule has 0 bridgehead atoms. The van der Waals surface area contributed by atoms with E-state index in [4.69, 9.17) is 23.6 Å². The van der Waals surface area contributed by atoms with Gasteiger partial charge >= 0.3 is 5.63 Å². The van der Waals surface area contributed by atoms with Crippen LogP contribution in [0.5, 0.6) is 17.2 Å². The van der Waals surface area contributed by atoms with Crippen molar-refractivity contribution in [1.82, 2.24) is 9.97 Å². The van der Waals surface area contributed by atoms with Crippen LogP contribution in [0.3, 0.4) is 0 Å². The molecule has 8 heteroatoms. The first-order valence-corrected chi connectivity index (χ1v) is 11.0. The molecule has 0 radical (unpaired) electrons. The highest BCUT2D eigenvalue weighted by Gasteiger charge is 2.21. The summed E-state index contributed by atoms with van der Waals surface area (Å²) in [6.07, 6.45) is 0. The highest BCUT2D eigenvalue weighted by atomic mass is 32.1. The standard InChI is InChI=1S/C25H20N2O5S/c1-13-26-21-20-16(15-10-18(29-2)22(31-4)19(11-15)30-3)12-17(14-8-6-5-7-9-14)27-24(20)33-23(21)25(28)32-13/h5-12H,1-4H3. The fourth-order valence-corrected chi connectivity index (χ4v) is 4.93. The van der Waals surface area contributed by atoms with Crippen molar-refractivity contribution in [3.8, 4) is 39.6 Å². The van der Waals surface area contributed by atoms with E-state index >= 15 is 0 Å². The number of hydrogen-bond acceptors (Lipinski definition) is 8. The topological polar surface area (TPSA) is 83.7 Å². The molecule has 0 fully saturated rings. The van der Waals surface area contributed by atoms with Crippen molar-refractivity contribution in [2.45, 2.75) is 6.92 Å². The van der Waals surface area contributed by atoms with Gasteiger partial charge in [0, 0.05) is 17.9 Å². The van der Waals surface area contributed by atoms with Gasteiger partial charge in [0.2, 0.25) is 5.75 Å². The molecular formula is C25H20N2O5S. The minimum atomic E-state index is -0.419. The van der Waals surface area contributed by atoms with Crippen LogP contribution in [0.25, 0.3) is 42.8 Å². The van der Waals surface area contributed by atoms with Crippen molar-refractivity contribution < 1.29 is 18.6 Å². The maximum Gasteiger partial charge on any atom is 0.357 e. The lowest BCUT2D eigenvalue weighted by Gasteiger charge is -2.15. The molecule has 3 heterocycles. The Morgan fingerprint density at radius 2 is 1.58 bits per heavy atom. The first-order chi connectivity index (χ1) is 16.0. The van der Waals surface area contributed by atoms with Gasteiger partial charge in [0.25, 0.3) is 0 Å². The van der Waals surface area contributed by atoms with Gasteiger partial charge < -0.3 is 18.6 Å². The summed E-state index contributed by atoms with van der Waals surface area (Å²) in [5.74, 6) is 1.86. The van der Waals surface area contributed by atoms with E-state index in [9.17, 15) is 4.79 Å². The van der Waals surface area contributed by atoms with Gasteiger partial charge in [0.1, 0.15) is 15.0 Å². The van der Waals surface area contributed by atoms with Gasteiger partial charge in [-0.2, -0.15) is 0 Å². The van der Waals surface area contributed by atoms with Gasteiger partial charge in [-0.15, -0.1) is 11.3 Å². The Morgan fingerprint density at radius 3 is 2.21 bits per heavy atom. The zero-order valence-corrected chi connectivity index (χ0v) is 19.3. The molecule has 0 atom stereocenters. The fourth-order valence-electron chi connectivity index (χ4n) is 3.91. The smallest absolute Gasteiger partial charge is 0.357 e. The number of fused-ring (bicyclic) bond motifs is 3. The quantitative estimate of drug-likeness (QED) is 0.344. The third-order valence-corrected chi connectivity index (χ3v) is 6.43. The van der Waals surface area contributed by atoms with Crippen molar-refractivity contribution in [1.29, 1.82) is 0 Å². The zero-order chi connectivity index (χ0) is 23.1. The first-order valence-electron chi connectivity index (χ1n) is 10.1. The molecule has 33 heavy (non-hydrogen) atoms. The predicted molar refractivity (Wildman–Crippen MR) is 129 cm³/mol. The summed E-state index contributed by atoms with van der Waals surface area (Å²) in [6, 6.07) is 15.6. The summed E-state index contributed by atoms with van der Waals surface area (Å²) in [5.41, 5.74) is 3.56. The number of rotatable bonds is 5. The van der Waals surface area contributed by atoms with Crippen LogP contribution in [-0.4, -0.2) is 31.3 Å². The normalized spacial score (nSPS) is 11.2. The third-order valence-electron chi connectivity index (χ3n) is 5.38. The number of aryl methyl sites for hydroxylation is 1. The molecule has 3 aromatic heterocycles. The summed E-state index contributed by atoms with van der Waals surface area (Å²) in [7, 11) is 4.72. The van der Waals surface area contributed by atoms with E-state index in [2.05, 4.69) is 4.98 Å². The molecule has 0 saturated carbocycles. The molecule has 2 aromatic carbocycles. The van der Waals surface area contributed by atoms with Crippen molar-refractivity contribution in [2.24, 2.45) is 0 Å². The lowest BCUT2D eigenvalue weighted by Crippen LogP contribution is -2.00. The SMILES string of the molecule is COc1cc(-c2cc(-c3ccccc3)nc3sc4c(=O)oc(C)nc4c23)cc(OC)c1OC. The second-order valence-electron chi connectivity index (χ2n) is 7.32. The Hall–Kier alpha value is -3.91. The van der Waals surface area contributed by atoms with Gasteiger partial charge in [-0.05, 0) is 29.3 Å². The van der Waals surface area contributed by atoms with E-state index in [1.54, 1.807) is 28.3 Å². The molecule has 0 unspecified atom stereocenters. The van der Waals surface area contributed by atoms with E-state index in [1.165, 1.54) is 11.3 Å². The van der Waals surface area contributed by atoms with E-state index in [-0.39, 0.29) is 0 Å². The molecule has 0 aliphatic carbocycles. The van der Waals surface area contributed by atoms with Gasteiger partial charge in [0.05, 0.1) is 27.0 Å². The average Bonchev–Trinajstić information content (AvgIpc) is 3.22. The number of pyridine rings is 1. The van der Waals surface area contributed by atoms with Crippen molar-refractivity contribution in [3.63, 3.8) is 0 Å². The van der Waals surface area contributed by atoms with E-state index in [0.29, 0.717) is 38.2 Å². The number of nitrogens with zero attached hydrogens (tertiary/aromatic N) is 2. The average molecular weight is 461 g/mol. The lowest BCUT2D eigenvalue weighted by atomic mass is 9.99. The summed E-state index contributed by atoms with van der Waals surface area (Å²) < 4.78 is 22.3. The molecular weight excluding hydrogens is 440 g/mol. The van der Waals surface area contributed by atoms with E-state index in [0.717, 1.165) is 27.8 Å². The first kappa shape index (κ1) is 21.0. The number of thiophene rings is 1. The highest BCUT2D eigenvalue weighted by Crippen LogP contribution is 2.45. The van der Waals surface area contributed by atoms with Crippen molar-refractivity contribution >= 4 is 31.8 Å². The number of benzene rings is 2. The van der Waals surface area contributed by atoms with Gasteiger partial charge in [-0.1, -0.05) is 30.3 Å². The van der Waals surface area contributed by atoms with Crippen LogP contribution in [0.2, 0.25) is 0 Å². The Morgan fingerprint density at radius 1 is 0.879 bits per heavy atom. The molecule has 166 valence electrons. The predicted octanol–water partition coefficient (Wildman–Crippen LogP) is 5.47. The summed E-state index contributed by atoms with van der Waals surface area (Å²) in [6.45, 7) is 1.66. The largest absolute Gasteiger partial charge is 0.493 e. The second-order valence-corrected chi connectivity index (χ2v) is 8.31. The van der Waals surface area contributed by atoms with E-state index in [1.807, 2.05) is 48.5 Å². The molecule has 7 nitrogen and oxygen atoms in total. The van der Waals surface area contributed by atoms with Gasteiger partial charge in [0.15, 0.2) is 17.4 Å². The highest BCUT2D eigenvalue weighted by molar-refractivity contribution is 7.25. The van der Waals surface area contributed by atoms with E-state index < -0.39 is 5.63 Å². The fraction of sp³-hybridized carbons (Fsp3) is 0.160. The molecule has 5 rings (SSSR count). The number of ether oxygens (including phenoxy) is 3. The molecule has 0 spiro atoms. The molecule has 5 aromatic rings. The maximum absolute atomic E-state index is 12.6. The summed E-state index contributed by atoms with van der Waals surface area (Å²) in [5, 5.41) is 0.778. The van der Waals surface area contributed by atoms with Crippen LogP contribution >= 0.6 is 11.3 Å². The van der Waals surface area contributed by atoms with Crippen molar-refractivity contribution in [3.05, 3.63) is 64.8 Å². The molecule has 0 aliphatic rings. The van der Waals surface area contributed by atoms with Gasteiger partial charge in [-0.25, -0.2) is 14.8 Å². The molecule has 0 N–H and O–H groups in total. The van der Waals surface area contributed by atoms with Crippen LogP contribution in [-0.2, 0) is 0 Å². The van der Waals surface area contributed by atoms with Crippen LogP contribution in [0.15, 0.2) is 57.7 Å². The van der Waals surface area contributed by atoms with Crippen LogP contribution < -0.4 is 19.8 Å². The molecule has 0 saturated heterocycles. The van der Waals surface area contributed by atoms with Crippen LogP contribution in [0.4, 0.5) is 0 Å². The van der Waals surface area contributed by atoms with Gasteiger partial charge in [-0.3, -0.25) is 0 Å². The minimum absolute atomic E-state index is 0.301. The lowest BCUT2D eigenvalue weighted by molar-refractivity contribution is 0.324. The monoisotopic (exact) mass is 460 g/mol. The summed E-state index contributed by atoms with van der Waals surface area (Å²) >= 11 is 1.28. The number of hydrogen-bond donors (Lipinski definition) is 0. The molecule has 0 aliphatic heterocycles. The Bertz CT molecular complexity index is 1530.